The molecular formula is C24H32N4O2S. The Morgan fingerprint density at radius 1 is 0.968 bits per heavy atom. The van der Waals surface area contributed by atoms with E-state index in [-0.39, 0.29) is 29.4 Å². The van der Waals surface area contributed by atoms with Gasteiger partial charge in [-0.15, -0.1) is 11.8 Å². The Morgan fingerprint density at radius 2 is 1.68 bits per heavy atom. The molecule has 1 fully saturated rings. The van der Waals surface area contributed by atoms with E-state index >= 15 is 0 Å². The fourth-order valence-electron chi connectivity index (χ4n) is 3.60. The number of nitrogens with one attached hydrogen (secondary N) is 2. The van der Waals surface area contributed by atoms with Crippen LogP contribution in [0, 0.1) is 6.92 Å². The van der Waals surface area contributed by atoms with Crippen LogP contribution in [0.2, 0.25) is 0 Å². The standard InChI is InChI=1S/C24H32N4O2S/c1-19-7-6-10-21(15-19)25-23(29)17-31-18-24(30)26-22(20-8-4-3-5-9-20)16-28-13-11-27(2)12-14-28/h3-10,15,22H,11-14,16-18H2,1-2H3,(H,25,29)(H,26,30). The van der Waals surface area contributed by atoms with Gasteiger partial charge in [-0.3, -0.25) is 14.5 Å². The lowest BCUT2D eigenvalue weighted by atomic mass is 10.1. The van der Waals surface area contributed by atoms with Crippen molar-refractivity contribution in [2.75, 3.05) is 56.6 Å². The lowest BCUT2D eigenvalue weighted by Gasteiger charge is -2.35. The smallest absolute Gasteiger partial charge is 0.234 e. The lowest BCUT2D eigenvalue weighted by molar-refractivity contribution is -0.119. The number of nitrogens with zero attached hydrogens (tertiary/aromatic N) is 2. The highest BCUT2D eigenvalue weighted by Gasteiger charge is 2.21. The molecule has 2 aromatic carbocycles. The number of anilines is 1. The molecule has 7 heteroatoms. The van der Waals surface area contributed by atoms with Crippen molar-refractivity contribution in [3.05, 3.63) is 65.7 Å². The molecule has 6 nitrogen and oxygen atoms in total. The third-order valence-electron chi connectivity index (χ3n) is 5.34. The highest BCUT2D eigenvalue weighted by Crippen LogP contribution is 2.16. The summed E-state index contributed by atoms with van der Waals surface area (Å²) in [7, 11) is 2.14. The van der Waals surface area contributed by atoms with E-state index < -0.39 is 0 Å². The zero-order valence-corrected chi connectivity index (χ0v) is 19.2. The van der Waals surface area contributed by atoms with Gasteiger partial charge in [-0.05, 0) is 37.2 Å². The van der Waals surface area contributed by atoms with Crippen molar-refractivity contribution >= 4 is 29.3 Å². The van der Waals surface area contributed by atoms with Crippen LogP contribution in [0.25, 0.3) is 0 Å². The molecule has 1 unspecified atom stereocenters. The fraction of sp³-hybridized carbons (Fsp3) is 0.417. The third-order valence-corrected chi connectivity index (χ3v) is 6.27. The predicted molar refractivity (Wildman–Crippen MR) is 128 cm³/mol. The Morgan fingerprint density at radius 3 is 2.39 bits per heavy atom. The van der Waals surface area contributed by atoms with Crippen molar-refractivity contribution in [2.45, 2.75) is 13.0 Å². The number of rotatable bonds is 9. The maximum Gasteiger partial charge on any atom is 0.234 e. The second-order valence-electron chi connectivity index (χ2n) is 8.05. The zero-order chi connectivity index (χ0) is 22.1. The van der Waals surface area contributed by atoms with Crippen molar-refractivity contribution in [2.24, 2.45) is 0 Å². The quantitative estimate of drug-likeness (QED) is 0.628. The van der Waals surface area contributed by atoms with Crippen molar-refractivity contribution in [3.8, 4) is 0 Å². The SMILES string of the molecule is Cc1cccc(NC(=O)CSCC(=O)NC(CN2CCN(C)CC2)c2ccccc2)c1. The summed E-state index contributed by atoms with van der Waals surface area (Å²) in [5.41, 5.74) is 2.99. The van der Waals surface area contributed by atoms with Gasteiger partial charge in [-0.25, -0.2) is 0 Å². The van der Waals surface area contributed by atoms with Gasteiger partial charge in [0.05, 0.1) is 17.5 Å². The molecule has 2 aromatic rings. The maximum absolute atomic E-state index is 12.6. The number of amides is 2. The van der Waals surface area contributed by atoms with Crippen molar-refractivity contribution < 1.29 is 9.59 Å². The molecule has 0 spiro atoms. The first-order valence-electron chi connectivity index (χ1n) is 10.7. The van der Waals surface area contributed by atoms with E-state index in [1.54, 1.807) is 0 Å². The van der Waals surface area contributed by atoms with Crippen molar-refractivity contribution in [3.63, 3.8) is 0 Å². The number of likely N-dealkylation sites (N-methyl/N-ethyl adjacent to an activating group) is 1. The van der Waals surface area contributed by atoms with Gasteiger partial charge in [-0.1, -0.05) is 42.5 Å². The summed E-state index contributed by atoms with van der Waals surface area (Å²) in [5.74, 6) is 0.361. The summed E-state index contributed by atoms with van der Waals surface area (Å²) in [4.78, 5) is 29.5. The minimum atomic E-state index is -0.0968. The van der Waals surface area contributed by atoms with Crippen LogP contribution in [0.1, 0.15) is 17.2 Å². The average Bonchev–Trinajstić information content (AvgIpc) is 2.75. The van der Waals surface area contributed by atoms with Gasteiger partial charge < -0.3 is 15.5 Å². The molecule has 31 heavy (non-hydrogen) atoms. The fourth-order valence-corrected chi connectivity index (χ4v) is 4.23. The molecule has 3 rings (SSSR count). The summed E-state index contributed by atoms with van der Waals surface area (Å²) in [6, 6.07) is 17.7. The molecule has 0 radical (unpaired) electrons. The highest BCUT2D eigenvalue weighted by atomic mass is 32.2. The zero-order valence-electron chi connectivity index (χ0n) is 18.3. The van der Waals surface area contributed by atoms with E-state index in [9.17, 15) is 9.59 Å². The molecule has 0 saturated carbocycles. The van der Waals surface area contributed by atoms with E-state index in [0.29, 0.717) is 0 Å². The maximum atomic E-state index is 12.6. The van der Waals surface area contributed by atoms with E-state index in [1.807, 2.05) is 49.4 Å². The number of piperazine rings is 1. The van der Waals surface area contributed by atoms with E-state index in [4.69, 9.17) is 0 Å². The largest absolute Gasteiger partial charge is 0.347 e. The van der Waals surface area contributed by atoms with Gasteiger partial charge in [-0.2, -0.15) is 0 Å². The van der Waals surface area contributed by atoms with Gasteiger partial charge in [0.15, 0.2) is 0 Å². The molecule has 0 aromatic heterocycles. The van der Waals surface area contributed by atoms with Crippen molar-refractivity contribution in [1.29, 1.82) is 0 Å². The summed E-state index contributed by atoms with van der Waals surface area (Å²) in [6.45, 7) is 6.87. The number of hydrogen-bond acceptors (Lipinski definition) is 5. The third kappa shape index (κ3) is 8.01. The first kappa shape index (κ1) is 23.3. The molecule has 0 bridgehead atoms. The number of aryl methyl sites for hydroxylation is 1. The van der Waals surface area contributed by atoms with Gasteiger partial charge in [0.25, 0.3) is 0 Å². The van der Waals surface area contributed by atoms with Crippen LogP contribution in [-0.4, -0.2) is 72.9 Å². The van der Waals surface area contributed by atoms with Crippen molar-refractivity contribution in [1.82, 2.24) is 15.1 Å². The first-order valence-corrected chi connectivity index (χ1v) is 11.8. The normalized spacial score (nSPS) is 15.9. The predicted octanol–water partition coefficient (Wildman–Crippen LogP) is 2.77. The lowest BCUT2D eigenvalue weighted by Crippen LogP contribution is -2.48. The molecule has 1 atom stereocenters. The molecular weight excluding hydrogens is 408 g/mol. The highest BCUT2D eigenvalue weighted by molar-refractivity contribution is 8.00. The summed E-state index contributed by atoms with van der Waals surface area (Å²) in [5, 5.41) is 6.05. The van der Waals surface area contributed by atoms with Crippen LogP contribution in [-0.2, 0) is 9.59 Å². The Balaban J connectivity index is 1.47. The number of hydrogen-bond donors (Lipinski definition) is 2. The monoisotopic (exact) mass is 440 g/mol. The van der Waals surface area contributed by atoms with E-state index in [0.717, 1.165) is 49.5 Å². The molecule has 2 N–H and O–H groups in total. The van der Waals surface area contributed by atoms with Gasteiger partial charge in [0, 0.05) is 38.4 Å². The van der Waals surface area contributed by atoms with Crippen LogP contribution in [0.4, 0.5) is 5.69 Å². The van der Waals surface area contributed by atoms with Crippen LogP contribution in [0.3, 0.4) is 0 Å². The van der Waals surface area contributed by atoms with Gasteiger partial charge in [0.2, 0.25) is 11.8 Å². The Hall–Kier alpha value is -2.35. The Labute approximate surface area is 189 Å². The van der Waals surface area contributed by atoms with E-state index in [2.05, 4.69) is 39.6 Å². The average molecular weight is 441 g/mol. The number of carbonyl (C=O) groups excluding carboxylic acids is 2. The van der Waals surface area contributed by atoms with Crippen LogP contribution >= 0.6 is 11.8 Å². The Bertz CT molecular complexity index is 854. The summed E-state index contributed by atoms with van der Waals surface area (Å²) >= 11 is 1.33. The number of carbonyl (C=O) groups is 2. The molecule has 1 saturated heterocycles. The topological polar surface area (TPSA) is 64.7 Å². The van der Waals surface area contributed by atoms with Crippen LogP contribution in [0.5, 0.6) is 0 Å². The van der Waals surface area contributed by atoms with E-state index in [1.165, 1.54) is 11.8 Å². The summed E-state index contributed by atoms with van der Waals surface area (Å²) < 4.78 is 0. The van der Waals surface area contributed by atoms with Crippen LogP contribution in [0.15, 0.2) is 54.6 Å². The molecule has 1 aliphatic rings. The first-order chi connectivity index (χ1) is 15.0. The van der Waals surface area contributed by atoms with Crippen LogP contribution < -0.4 is 10.6 Å². The molecule has 1 heterocycles. The second-order valence-corrected chi connectivity index (χ2v) is 9.03. The molecule has 166 valence electrons. The molecule has 2 amide bonds. The van der Waals surface area contributed by atoms with Gasteiger partial charge in [0.1, 0.15) is 0 Å². The Kier molecular flexibility index (Phi) is 8.94. The van der Waals surface area contributed by atoms with Gasteiger partial charge >= 0.3 is 0 Å². The number of benzene rings is 2. The summed E-state index contributed by atoms with van der Waals surface area (Å²) in [6.07, 6.45) is 0. The minimum absolute atomic E-state index is 0.0451. The molecule has 0 aliphatic carbocycles. The number of thioether (sulfide) groups is 1. The minimum Gasteiger partial charge on any atom is -0.347 e. The molecule has 1 aliphatic heterocycles. The second kappa shape index (κ2) is 11.9.